The fourth-order valence-electron chi connectivity index (χ4n) is 3.06. The largest absolute Gasteiger partial charge is 0.479 e. The van der Waals surface area contributed by atoms with Crippen LogP contribution in [0.5, 0.6) is 5.88 Å². The van der Waals surface area contributed by atoms with Crippen molar-refractivity contribution in [3.05, 3.63) is 36.3 Å². The summed E-state index contributed by atoms with van der Waals surface area (Å²) in [6, 6.07) is 1.36. The zero-order valence-corrected chi connectivity index (χ0v) is 12.9. The van der Waals surface area contributed by atoms with E-state index in [0.29, 0.717) is 19.6 Å². The Morgan fingerprint density at radius 3 is 2.78 bits per heavy atom. The van der Waals surface area contributed by atoms with E-state index >= 15 is 0 Å². The summed E-state index contributed by atoms with van der Waals surface area (Å²) in [7, 11) is 1.31. The van der Waals surface area contributed by atoms with E-state index in [2.05, 4.69) is 11.6 Å². The SMILES string of the molecule is C=CC(=O)N1CCN(C(=O)c2ccnc(OC)c2F)C2(CC2)C1. The minimum Gasteiger partial charge on any atom is -0.479 e. The Balaban J connectivity index is 1.84. The van der Waals surface area contributed by atoms with Gasteiger partial charge in [0.2, 0.25) is 5.91 Å². The number of piperazine rings is 1. The summed E-state index contributed by atoms with van der Waals surface area (Å²) < 4.78 is 19.1. The molecule has 1 aromatic rings. The number of nitrogens with zero attached hydrogens (tertiary/aromatic N) is 3. The van der Waals surface area contributed by atoms with Gasteiger partial charge in [0.05, 0.1) is 18.2 Å². The van der Waals surface area contributed by atoms with E-state index in [-0.39, 0.29) is 28.8 Å². The Labute approximate surface area is 133 Å². The van der Waals surface area contributed by atoms with Crippen LogP contribution in [0.25, 0.3) is 0 Å². The molecule has 2 heterocycles. The minimum atomic E-state index is -0.750. The molecule has 2 fully saturated rings. The van der Waals surface area contributed by atoms with E-state index in [4.69, 9.17) is 4.74 Å². The highest BCUT2D eigenvalue weighted by Crippen LogP contribution is 2.45. The van der Waals surface area contributed by atoms with Crippen molar-refractivity contribution in [3.8, 4) is 5.88 Å². The zero-order chi connectivity index (χ0) is 16.6. The number of pyridine rings is 1. The number of rotatable bonds is 3. The Bertz CT molecular complexity index is 673. The van der Waals surface area contributed by atoms with Gasteiger partial charge in [0.15, 0.2) is 5.82 Å². The van der Waals surface area contributed by atoms with Crippen LogP contribution in [0.2, 0.25) is 0 Å². The maximum Gasteiger partial charge on any atom is 0.257 e. The third kappa shape index (κ3) is 2.56. The fourth-order valence-corrected chi connectivity index (χ4v) is 3.06. The summed E-state index contributed by atoms with van der Waals surface area (Å²) in [6.07, 6.45) is 4.25. The van der Waals surface area contributed by atoms with Gasteiger partial charge in [-0.25, -0.2) is 9.37 Å². The van der Waals surface area contributed by atoms with Gasteiger partial charge >= 0.3 is 0 Å². The highest BCUT2D eigenvalue weighted by molar-refractivity contribution is 5.96. The second kappa shape index (κ2) is 5.64. The second-order valence-electron chi connectivity index (χ2n) is 5.83. The molecule has 6 nitrogen and oxygen atoms in total. The second-order valence-corrected chi connectivity index (χ2v) is 5.83. The molecule has 0 unspecified atom stereocenters. The number of hydrogen-bond donors (Lipinski definition) is 0. The summed E-state index contributed by atoms with van der Waals surface area (Å²) in [5, 5.41) is 0. The predicted molar refractivity (Wildman–Crippen MR) is 80.5 cm³/mol. The van der Waals surface area contributed by atoms with Gasteiger partial charge in [0.1, 0.15) is 0 Å². The van der Waals surface area contributed by atoms with Crippen molar-refractivity contribution in [3.63, 3.8) is 0 Å². The predicted octanol–water partition coefficient (Wildman–Crippen LogP) is 1.23. The van der Waals surface area contributed by atoms with E-state index in [1.165, 1.54) is 25.4 Å². The first-order valence-electron chi connectivity index (χ1n) is 7.44. The number of carbonyl (C=O) groups excluding carboxylic acids is 2. The van der Waals surface area contributed by atoms with Crippen LogP contribution in [-0.4, -0.2) is 58.9 Å². The van der Waals surface area contributed by atoms with E-state index in [0.717, 1.165) is 12.8 Å². The molecule has 23 heavy (non-hydrogen) atoms. The zero-order valence-electron chi connectivity index (χ0n) is 12.9. The normalized spacial score (nSPS) is 18.7. The Hall–Kier alpha value is -2.44. The molecule has 2 amide bonds. The van der Waals surface area contributed by atoms with Crippen LogP contribution in [0.3, 0.4) is 0 Å². The number of methoxy groups -OCH3 is 1. The van der Waals surface area contributed by atoms with Gasteiger partial charge < -0.3 is 14.5 Å². The first-order chi connectivity index (χ1) is 11.0. The van der Waals surface area contributed by atoms with E-state index in [1.807, 2.05) is 0 Å². The van der Waals surface area contributed by atoms with Crippen molar-refractivity contribution in [1.29, 1.82) is 0 Å². The summed E-state index contributed by atoms with van der Waals surface area (Å²) in [4.78, 5) is 31.7. The van der Waals surface area contributed by atoms with Crippen LogP contribution in [0, 0.1) is 5.82 Å². The number of aromatic nitrogens is 1. The Morgan fingerprint density at radius 2 is 2.17 bits per heavy atom. The smallest absolute Gasteiger partial charge is 0.257 e. The van der Waals surface area contributed by atoms with Gasteiger partial charge in [-0.1, -0.05) is 6.58 Å². The molecule has 1 saturated heterocycles. The molecule has 1 aliphatic carbocycles. The average molecular weight is 319 g/mol. The number of halogens is 1. The van der Waals surface area contributed by atoms with Gasteiger partial charge in [-0.15, -0.1) is 0 Å². The molecule has 122 valence electrons. The van der Waals surface area contributed by atoms with Crippen LogP contribution in [0.1, 0.15) is 23.2 Å². The third-order valence-corrected chi connectivity index (χ3v) is 4.49. The molecule has 1 aliphatic heterocycles. The van der Waals surface area contributed by atoms with Crippen molar-refractivity contribution in [1.82, 2.24) is 14.8 Å². The van der Waals surface area contributed by atoms with Gasteiger partial charge in [-0.3, -0.25) is 9.59 Å². The van der Waals surface area contributed by atoms with Crippen LogP contribution < -0.4 is 4.74 Å². The van der Waals surface area contributed by atoms with Crippen molar-refractivity contribution >= 4 is 11.8 Å². The molecule has 0 aromatic carbocycles. The summed E-state index contributed by atoms with van der Waals surface area (Å²) in [6.45, 7) is 4.76. The highest BCUT2D eigenvalue weighted by Gasteiger charge is 2.54. The monoisotopic (exact) mass is 319 g/mol. The first kappa shape index (κ1) is 15.5. The van der Waals surface area contributed by atoms with E-state index in [1.54, 1.807) is 9.80 Å². The summed E-state index contributed by atoms with van der Waals surface area (Å²) in [5.74, 6) is -1.46. The molecule has 0 bridgehead atoms. The molecule has 0 N–H and O–H groups in total. The highest BCUT2D eigenvalue weighted by atomic mass is 19.1. The number of ether oxygens (including phenoxy) is 1. The lowest BCUT2D eigenvalue weighted by Gasteiger charge is -2.42. The molecule has 3 rings (SSSR count). The number of carbonyl (C=O) groups is 2. The van der Waals surface area contributed by atoms with Crippen molar-refractivity contribution in [2.24, 2.45) is 0 Å². The molecular weight excluding hydrogens is 301 g/mol. The Morgan fingerprint density at radius 1 is 1.43 bits per heavy atom. The number of hydrogen-bond acceptors (Lipinski definition) is 4. The maximum absolute atomic E-state index is 14.3. The molecule has 0 atom stereocenters. The van der Waals surface area contributed by atoms with Gasteiger partial charge in [0.25, 0.3) is 11.8 Å². The molecule has 2 aliphatic rings. The minimum absolute atomic E-state index is 0.0494. The molecular formula is C16H18FN3O3. The van der Waals surface area contributed by atoms with E-state index in [9.17, 15) is 14.0 Å². The maximum atomic E-state index is 14.3. The van der Waals surface area contributed by atoms with Crippen LogP contribution >= 0.6 is 0 Å². The lowest BCUT2D eigenvalue weighted by molar-refractivity contribution is -0.129. The molecule has 1 saturated carbocycles. The summed E-state index contributed by atoms with van der Waals surface area (Å²) >= 11 is 0. The van der Waals surface area contributed by atoms with Crippen molar-refractivity contribution in [2.75, 3.05) is 26.7 Å². The van der Waals surface area contributed by atoms with E-state index < -0.39 is 5.82 Å². The Kier molecular flexibility index (Phi) is 3.79. The molecule has 0 radical (unpaired) electrons. The standard InChI is InChI=1S/C16H18FN3O3/c1-3-12(21)19-8-9-20(16(10-19)5-6-16)15(22)11-4-7-18-14(23-2)13(11)17/h3-4,7H,1,5-6,8-10H2,2H3. The van der Waals surface area contributed by atoms with Crippen molar-refractivity contribution < 1.29 is 18.7 Å². The van der Waals surface area contributed by atoms with Crippen molar-refractivity contribution in [2.45, 2.75) is 18.4 Å². The van der Waals surface area contributed by atoms with Gasteiger partial charge in [0, 0.05) is 25.8 Å². The lowest BCUT2D eigenvalue weighted by Crippen LogP contribution is -2.58. The first-order valence-corrected chi connectivity index (χ1v) is 7.44. The molecule has 7 heteroatoms. The average Bonchev–Trinajstić information content (AvgIpc) is 3.33. The van der Waals surface area contributed by atoms with Crippen LogP contribution in [0.15, 0.2) is 24.9 Å². The quantitative estimate of drug-likeness (QED) is 0.786. The lowest BCUT2D eigenvalue weighted by atomic mass is 10.1. The third-order valence-electron chi connectivity index (χ3n) is 4.49. The van der Waals surface area contributed by atoms with Gasteiger partial charge in [-0.2, -0.15) is 0 Å². The molecule has 1 spiro atoms. The van der Waals surface area contributed by atoms with Crippen LogP contribution in [0.4, 0.5) is 4.39 Å². The fraction of sp³-hybridized carbons (Fsp3) is 0.438. The molecule has 1 aromatic heterocycles. The topological polar surface area (TPSA) is 62.7 Å². The summed E-state index contributed by atoms with van der Waals surface area (Å²) in [5.41, 5.74) is -0.427. The van der Waals surface area contributed by atoms with Gasteiger partial charge in [-0.05, 0) is 25.0 Å². The number of amides is 2. The van der Waals surface area contributed by atoms with Crippen LogP contribution in [-0.2, 0) is 4.79 Å².